The summed E-state index contributed by atoms with van der Waals surface area (Å²) in [4.78, 5) is 12.4. The first kappa shape index (κ1) is 15.7. The SMILES string of the molecule is CCOC(C(=O)Cc1ccccc1OC)C(C)(C)C. The zero-order valence-corrected chi connectivity index (χ0v) is 12.5. The van der Waals surface area contributed by atoms with Crippen LogP contribution in [0.15, 0.2) is 24.3 Å². The molecule has 3 heteroatoms. The van der Waals surface area contributed by atoms with Gasteiger partial charge in [0.15, 0.2) is 5.78 Å². The van der Waals surface area contributed by atoms with Crippen molar-refractivity contribution >= 4 is 5.78 Å². The van der Waals surface area contributed by atoms with E-state index in [1.807, 2.05) is 52.0 Å². The number of benzene rings is 1. The van der Waals surface area contributed by atoms with Crippen molar-refractivity contribution in [2.45, 2.75) is 40.2 Å². The summed E-state index contributed by atoms with van der Waals surface area (Å²) in [6, 6.07) is 7.60. The fourth-order valence-electron chi connectivity index (χ4n) is 2.12. The van der Waals surface area contributed by atoms with Crippen molar-refractivity contribution in [2.24, 2.45) is 5.41 Å². The number of Topliss-reactive ketones (excluding diaryl/α,β-unsaturated/α-hetero) is 1. The van der Waals surface area contributed by atoms with E-state index in [0.29, 0.717) is 13.0 Å². The summed E-state index contributed by atoms with van der Waals surface area (Å²) in [5, 5.41) is 0. The Morgan fingerprint density at radius 1 is 1.26 bits per heavy atom. The van der Waals surface area contributed by atoms with Crippen LogP contribution in [0.1, 0.15) is 33.3 Å². The number of ketones is 1. The van der Waals surface area contributed by atoms with Crippen LogP contribution in [0.25, 0.3) is 0 Å². The first-order chi connectivity index (χ1) is 8.90. The van der Waals surface area contributed by atoms with Gasteiger partial charge in [-0.25, -0.2) is 0 Å². The van der Waals surface area contributed by atoms with Gasteiger partial charge < -0.3 is 9.47 Å². The minimum absolute atomic E-state index is 0.0962. The fourth-order valence-corrected chi connectivity index (χ4v) is 2.12. The maximum atomic E-state index is 12.4. The predicted octanol–water partition coefficient (Wildman–Crippen LogP) is 3.26. The van der Waals surface area contributed by atoms with E-state index in [1.54, 1.807) is 7.11 Å². The molecule has 1 rings (SSSR count). The Bertz CT molecular complexity index is 418. The van der Waals surface area contributed by atoms with Gasteiger partial charge in [0, 0.05) is 18.6 Å². The number of methoxy groups -OCH3 is 1. The monoisotopic (exact) mass is 264 g/mol. The first-order valence-electron chi connectivity index (χ1n) is 6.66. The minimum Gasteiger partial charge on any atom is -0.496 e. The summed E-state index contributed by atoms with van der Waals surface area (Å²) in [5.74, 6) is 0.846. The summed E-state index contributed by atoms with van der Waals surface area (Å²) in [7, 11) is 1.62. The van der Waals surface area contributed by atoms with E-state index in [1.165, 1.54) is 0 Å². The Morgan fingerprint density at radius 2 is 1.89 bits per heavy atom. The predicted molar refractivity (Wildman–Crippen MR) is 76.6 cm³/mol. The van der Waals surface area contributed by atoms with Gasteiger partial charge in [-0.1, -0.05) is 39.0 Å². The molecule has 0 aliphatic heterocycles. The molecule has 0 bridgehead atoms. The lowest BCUT2D eigenvalue weighted by Gasteiger charge is -2.29. The van der Waals surface area contributed by atoms with Crippen molar-refractivity contribution in [1.29, 1.82) is 0 Å². The standard InChI is InChI=1S/C16H24O3/c1-6-19-15(16(2,3)4)13(17)11-12-9-7-8-10-14(12)18-5/h7-10,15H,6,11H2,1-5H3. The third kappa shape index (κ3) is 4.35. The van der Waals surface area contributed by atoms with Crippen LogP contribution >= 0.6 is 0 Å². The van der Waals surface area contributed by atoms with Gasteiger partial charge in [0.25, 0.3) is 0 Å². The smallest absolute Gasteiger partial charge is 0.166 e. The molecule has 19 heavy (non-hydrogen) atoms. The second kappa shape index (κ2) is 6.71. The number of rotatable bonds is 6. The lowest BCUT2D eigenvalue weighted by molar-refractivity contribution is -0.136. The molecular weight excluding hydrogens is 240 g/mol. The average molecular weight is 264 g/mol. The van der Waals surface area contributed by atoms with Gasteiger partial charge in [-0.15, -0.1) is 0 Å². The van der Waals surface area contributed by atoms with Crippen LogP contribution < -0.4 is 4.74 Å². The molecule has 1 unspecified atom stereocenters. The lowest BCUT2D eigenvalue weighted by Crippen LogP contribution is -2.38. The van der Waals surface area contributed by atoms with Gasteiger partial charge in [0.1, 0.15) is 11.9 Å². The number of ether oxygens (including phenoxy) is 2. The second-order valence-electron chi connectivity index (χ2n) is 5.66. The number of hydrogen-bond donors (Lipinski definition) is 0. The van der Waals surface area contributed by atoms with E-state index in [-0.39, 0.29) is 17.3 Å². The molecule has 0 heterocycles. The highest BCUT2D eigenvalue weighted by atomic mass is 16.5. The molecule has 0 N–H and O–H groups in total. The highest BCUT2D eigenvalue weighted by molar-refractivity contribution is 5.86. The summed E-state index contributed by atoms with van der Waals surface area (Å²) in [6.07, 6.45) is -0.0474. The van der Waals surface area contributed by atoms with Crippen molar-refractivity contribution in [1.82, 2.24) is 0 Å². The van der Waals surface area contributed by atoms with E-state index in [9.17, 15) is 4.79 Å². The van der Waals surface area contributed by atoms with Gasteiger partial charge in [-0.2, -0.15) is 0 Å². The molecule has 0 saturated heterocycles. The fraction of sp³-hybridized carbons (Fsp3) is 0.562. The van der Waals surface area contributed by atoms with Gasteiger partial charge >= 0.3 is 0 Å². The molecule has 0 radical (unpaired) electrons. The summed E-state index contributed by atoms with van der Waals surface area (Å²) in [5.41, 5.74) is 0.707. The molecule has 0 fully saturated rings. The molecule has 0 aromatic heterocycles. The molecule has 0 amide bonds. The number of carbonyl (C=O) groups excluding carboxylic acids is 1. The maximum absolute atomic E-state index is 12.4. The van der Waals surface area contributed by atoms with Gasteiger partial charge in [0.05, 0.1) is 7.11 Å². The quantitative estimate of drug-likeness (QED) is 0.791. The summed E-state index contributed by atoms with van der Waals surface area (Å²) in [6.45, 7) is 8.52. The zero-order valence-electron chi connectivity index (χ0n) is 12.5. The molecule has 0 spiro atoms. The molecule has 1 aromatic carbocycles. The third-order valence-corrected chi connectivity index (χ3v) is 2.97. The van der Waals surface area contributed by atoms with E-state index in [4.69, 9.17) is 9.47 Å². The van der Waals surface area contributed by atoms with Crippen LogP contribution in [0.2, 0.25) is 0 Å². The largest absolute Gasteiger partial charge is 0.496 e. The topological polar surface area (TPSA) is 35.5 Å². The van der Waals surface area contributed by atoms with Crippen LogP contribution in [-0.4, -0.2) is 25.6 Å². The molecule has 1 atom stereocenters. The van der Waals surface area contributed by atoms with Crippen molar-refractivity contribution in [3.63, 3.8) is 0 Å². The number of para-hydroxylation sites is 1. The normalized spacial score (nSPS) is 13.1. The molecule has 0 aliphatic rings. The molecule has 106 valence electrons. The minimum atomic E-state index is -0.387. The Kier molecular flexibility index (Phi) is 5.55. The second-order valence-corrected chi connectivity index (χ2v) is 5.66. The van der Waals surface area contributed by atoms with Crippen LogP contribution in [0, 0.1) is 5.41 Å². The van der Waals surface area contributed by atoms with E-state index in [2.05, 4.69) is 0 Å². The van der Waals surface area contributed by atoms with Gasteiger partial charge in [0.2, 0.25) is 0 Å². The van der Waals surface area contributed by atoms with Crippen molar-refractivity contribution in [2.75, 3.05) is 13.7 Å². The van der Waals surface area contributed by atoms with Crippen LogP contribution in [0.5, 0.6) is 5.75 Å². The van der Waals surface area contributed by atoms with E-state index in [0.717, 1.165) is 11.3 Å². The maximum Gasteiger partial charge on any atom is 0.166 e. The van der Waals surface area contributed by atoms with Crippen LogP contribution in [0.3, 0.4) is 0 Å². The number of carbonyl (C=O) groups is 1. The Balaban J connectivity index is 2.87. The Labute approximate surface area is 115 Å². The highest BCUT2D eigenvalue weighted by Gasteiger charge is 2.31. The molecule has 0 saturated carbocycles. The Hall–Kier alpha value is -1.35. The van der Waals surface area contributed by atoms with Crippen LogP contribution in [-0.2, 0) is 16.0 Å². The molecule has 1 aromatic rings. The van der Waals surface area contributed by atoms with Crippen molar-refractivity contribution in [3.05, 3.63) is 29.8 Å². The first-order valence-corrected chi connectivity index (χ1v) is 6.66. The summed E-state index contributed by atoms with van der Waals surface area (Å²) >= 11 is 0. The van der Waals surface area contributed by atoms with E-state index < -0.39 is 0 Å². The lowest BCUT2D eigenvalue weighted by atomic mass is 9.84. The van der Waals surface area contributed by atoms with Crippen molar-refractivity contribution < 1.29 is 14.3 Å². The molecule has 0 aliphatic carbocycles. The zero-order chi connectivity index (χ0) is 14.5. The van der Waals surface area contributed by atoms with Gasteiger partial charge in [-0.3, -0.25) is 4.79 Å². The third-order valence-electron chi connectivity index (χ3n) is 2.97. The van der Waals surface area contributed by atoms with E-state index >= 15 is 0 Å². The Morgan fingerprint density at radius 3 is 2.42 bits per heavy atom. The van der Waals surface area contributed by atoms with Crippen molar-refractivity contribution in [3.8, 4) is 5.75 Å². The average Bonchev–Trinajstić information content (AvgIpc) is 2.35. The number of hydrogen-bond acceptors (Lipinski definition) is 3. The van der Waals surface area contributed by atoms with Crippen LogP contribution in [0.4, 0.5) is 0 Å². The summed E-state index contributed by atoms with van der Waals surface area (Å²) < 4.78 is 10.9. The van der Waals surface area contributed by atoms with Gasteiger partial charge in [-0.05, 0) is 18.4 Å². The highest BCUT2D eigenvalue weighted by Crippen LogP contribution is 2.26. The molecular formula is C16H24O3. The molecule has 3 nitrogen and oxygen atoms in total.